The number of hydrogen-bond donors (Lipinski definition) is 1. The van der Waals surface area contributed by atoms with Crippen LogP contribution in [0.4, 0.5) is 0 Å². The van der Waals surface area contributed by atoms with Crippen LogP contribution in [0.5, 0.6) is 0 Å². The molecule has 1 N–H and O–H groups in total. The summed E-state index contributed by atoms with van der Waals surface area (Å²) in [6.07, 6.45) is 5.12. The highest BCUT2D eigenvalue weighted by Gasteiger charge is 2.21. The molecule has 1 aromatic heterocycles. The van der Waals surface area contributed by atoms with E-state index in [1.807, 2.05) is 22.6 Å². The maximum absolute atomic E-state index is 12.2. The van der Waals surface area contributed by atoms with Crippen LogP contribution >= 0.6 is 0 Å². The van der Waals surface area contributed by atoms with Gasteiger partial charge in [0.2, 0.25) is 11.8 Å². The summed E-state index contributed by atoms with van der Waals surface area (Å²) < 4.78 is 1.90. The summed E-state index contributed by atoms with van der Waals surface area (Å²) in [5.74, 6) is 1.33. The van der Waals surface area contributed by atoms with Crippen LogP contribution in [0.25, 0.3) is 0 Å². The molecular weight excluding hydrogens is 268 g/mol. The Morgan fingerprint density at radius 3 is 2.81 bits per heavy atom. The van der Waals surface area contributed by atoms with Crippen LogP contribution in [-0.2, 0) is 9.59 Å². The predicted molar refractivity (Wildman–Crippen MR) is 79.9 cm³/mol. The number of imidazole rings is 1. The van der Waals surface area contributed by atoms with Gasteiger partial charge in [-0.25, -0.2) is 4.98 Å². The lowest BCUT2D eigenvalue weighted by Gasteiger charge is -2.19. The minimum atomic E-state index is -0.292. The largest absolute Gasteiger partial charge is 0.353 e. The zero-order valence-electron chi connectivity index (χ0n) is 13.0. The van der Waals surface area contributed by atoms with E-state index in [0.717, 1.165) is 18.8 Å². The van der Waals surface area contributed by atoms with Gasteiger partial charge < -0.3 is 14.8 Å². The molecule has 2 heterocycles. The van der Waals surface area contributed by atoms with E-state index in [1.54, 1.807) is 6.20 Å². The van der Waals surface area contributed by atoms with Gasteiger partial charge in [-0.1, -0.05) is 13.8 Å². The summed E-state index contributed by atoms with van der Waals surface area (Å²) in [6.45, 7) is 7.89. The molecule has 1 fully saturated rings. The van der Waals surface area contributed by atoms with E-state index >= 15 is 0 Å². The van der Waals surface area contributed by atoms with Crippen molar-refractivity contribution in [3.05, 3.63) is 18.2 Å². The first kappa shape index (κ1) is 15.5. The first-order valence-corrected chi connectivity index (χ1v) is 7.59. The molecule has 1 aliphatic rings. The van der Waals surface area contributed by atoms with E-state index in [-0.39, 0.29) is 23.8 Å². The van der Waals surface area contributed by atoms with Crippen molar-refractivity contribution in [2.45, 2.75) is 45.6 Å². The molecule has 1 aliphatic heterocycles. The minimum absolute atomic E-state index is 0.0402. The Hall–Kier alpha value is -1.85. The fourth-order valence-electron chi connectivity index (χ4n) is 2.63. The zero-order valence-corrected chi connectivity index (χ0v) is 13.0. The first-order valence-electron chi connectivity index (χ1n) is 7.59. The predicted octanol–water partition coefficient (Wildman–Crippen LogP) is 1.31. The van der Waals surface area contributed by atoms with E-state index in [4.69, 9.17) is 0 Å². The molecule has 21 heavy (non-hydrogen) atoms. The van der Waals surface area contributed by atoms with Gasteiger partial charge >= 0.3 is 0 Å². The molecule has 2 amide bonds. The number of nitrogens with zero attached hydrogens (tertiary/aromatic N) is 3. The van der Waals surface area contributed by atoms with Crippen molar-refractivity contribution in [2.24, 2.45) is 0 Å². The highest BCUT2D eigenvalue weighted by atomic mass is 16.2. The van der Waals surface area contributed by atoms with E-state index in [2.05, 4.69) is 24.1 Å². The first-order chi connectivity index (χ1) is 10.0. The number of nitrogens with one attached hydrogen (secondary N) is 1. The highest BCUT2D eigenvalue weighted by Crippen LogP contribution is 2.17. The molecule has 1 saturated heterocycles. The number of rotatable bonds is 6. The maximum Gasteiger partial charge on any atom is 0.242 e. The summed E-state index contributed by atoms with van der Waals surface area (Å²) >= 11 is 0. The number of carbonyl (C=O) groups is 2. The summed E-state index contributed by atoms with van der Waals surface area (Å²) in [4.78, 5) is 29.8. The Kier molecular flexibility index (Phi) is 4.98. The van der Waals surface area contributed by atoms with Crippen LogP contribution in [-0.4, -0.2) is 45.9 Å². The molecule has 6 heteroatoms. The van der Waals surface area contributed by atoms with Gasteiger partial charge in [0.25, 0.3) is 0 Å². The van der Waals surface area contributed by atoms with Gasteiger partial charge in [0, 0.05) is 44.4 Å². The lowest BCUT2D eigenvalue weighted by atomic mass is 10.2. The minimum Gasteiger partial charge on any atom is -0.353 e. The van der Waals surface area contributed by atoms with Gasteiger partial charge in [-0.3, -0.25) is 9.59 Å². The van der Waals surface area contributed by atoms with Crippen molar-refractivity contribution in [1.82, 2.24) is 19.8 Å². The van der Waals surface area contributed by atoms with Gasteiger partial charge in [-0.15, -0.1) is 0 Å². The van der Waals surface area contributed by atoms with Gasteiger partial charge in [0.05, 0.1) is 0 Å². The topological polar surface area (TPSA) is 67.2 Å². The highest BCUT2D eigenvalue weighted by molar-refractivity contribution is 5.80. The molecule has 0 spiro atoms. The van der Waals surface area contributed by atoms with E-state index in [0.29, 0.717) is 19.5 Å². The summed E-state index contributed by atoms with van der Waals surface area (Å²) in [7, 11) is 0. The smallest absolute Gasteiger partial charge is 0.242 e. The summed E-state index contributed by atoms with van der Waals surface area (Å²) in [6, 6.07) is -0.292. The van der Waals surface area contributed by atoms with Crippen LogP contribution in [0, 0.1) is 0 Å². The Balaban J connectivity index is 1.85. The van der Waals surface area contributed by atoms with E-state index in [1.165, 1.54) is 0 Å². The molecule has 0 aliphatic carbocycles. The van der Waals surface area contributed by atoms with Crippen LogP contribution in [0.15, 0.2) is 12.4 Å². The molecule has 116 valence electrons. The molecule has 2 rings (SSSR count). The number of carbonyl (C=O) groups excluding carboxylic acids is 2. The quantitative estimate of drug-likeness (QED) is 0.859. The third kappa shape index (κ3) is 3.62. The number of aromatic nitrogens is 2. The van der Waals surface area contributed by atoms with E-state index < -0.39 is 0 Å². The molecule has 0 bridgehead atoms. The van der Waals surface area contributed by atoms with Crippen molar-refractivity contribution in [3.8, 4) is 0 Å². The van der Waals surface area contributed by atoms with E-state index in [9.17, 15) is 9.59 Å². The molecule has 0 unspecified atom stereocenters. The molecule has 0 aromatic carbocycles. The fraction of sp³-hybridized carbons (Fsp3) is 0.667. The van der Waals surface area contributed by atoms with Crippen molar-refractivity contribution >= 4 is 11.8 Å². The lowest BCUT2D eigenvalue weighted by Crippen LogP contribution is -2.38. The van der Waals surface area contributed by atoms with Crippen molar-refractivity contribution in [3.63, 3.8) is 0 Å². The normalized spacial score (nSPS) is 16.6. The standard InChI is InChI=1S/C15H24N4O2/c1-11(2)14-16-7-10-19(14)12(3)15(21)17-6-9-18-8-4-5-13(18)20/h7,10-12H,4-6,8-9H2,1-3H3,(H,17,21)/t12-/m0/s1. The number of amides is 2. The second kappa shape index (κ2) is 6.74. The maximum atomic E-state index is 12.2. The van der Waals surface area contributed by atoms with Crippen molar-refractivity contribution in [2.75, 3.05) is 19.6 Å². The molecule has 0 saturated carbocycles. The van der Waals surface area contributed by atoms with Crippen LogP contribution in [0.1, 0.15) is 51.4 Å². The fourth-order valence-corrected chi connectivity index (χ4v) is 2.63. The average Bonchev–Trinajstić information content (AvgIpc) is 3.07. The molecular formula is C15H24N4O2. The molecule has 6 nitrogen and oxygen atoms in total. The van der Waals surface area contributed by atoms with Gasteiger partial charge in [0.1, 0.15) is 11.9 Å². The summed E-state index contributed by atoms with van der Waals surface area (Å²) in [5.41, 5.74) is 0. The van der Waals surface area contributed by atoms with Gasteiger partial charge in [-0.05, 0) is 13.3 Å². The summed E-state index contributed by atoms with van der Waals surface area (Å²) in [5, 5.41) is 2.90. The zero-order chi connectivity index (χ0) is 15.4. The molecule has 1 atom stereocenters. The van der Waals surface area contributed by atoms with Gasteiger partial charge in [0.15, 0.2) is 0 Å². The monoisotopic (exact) mass is 292 g/mol. The third-order valence-electron chi connectivity index (χ3n) is 3.86. The Morgan fingerprint density at radius 2 is 2.19 bits per heavy atom. The number of likely N-dealkylation sites (tertiary alicyclic amines) is 1. The second-order valence-electron chi connectivity index (χ2n) is 5.80. The van der Waals surface area contributed by atoms with Crippen LogP contribution < -0.4 is 5.32 Å². The van der Waals surface area contributed by atoms with Crippen molar-refractivity contribution in [1.29, 1.82) is 0 Å². The van der Waals surface area contributed by atoms with Gasteiger partial charge in [-0.2, -0.15) is 0 Å². The Bertz CT molecular complexity index is 510. The SMILES string of the molecule is CC(C)c1nccn1[C@@H](C)C(=O)NCCN1CCCC1=O. The Labute approximate surface area is 125 Å². The average molecular weight is 292 g/mol. The molecule has 1 aromatic rings. The lowest BCUT2D eigenvalue weighted by molar-refractivity contribution is -0.128. The van der Waals surface area contributed by atoms with Crippen LogP contribution in [0.3, 0.4) is 0 Å². The number of hydrogen-bond acceptors (Lipinski definition) is 3. The van der Waals surface area contributed by atoms with Crippen LogP contribution in [0.2, 0.25) is 0 Å². The second-order valence-corrected chi connectivity index (χ2v) is 5.80. The molecule has 0 radical (unpaired) electrons. The Morgan fingerprint density at radius 1 is 1.43 bits per heavy atom. The van der Waals surface area contributed by atoms with Crippen molar-refractivity contribution < 1.29 is 9.59 Å². The third-order valence-corrected chi connectivity index (χ3v) is 3.86.